The van der Waals surface area contributed by atoms with Gasteiger partial charge in [0, 0.05) is 38.2 Å². The fourth-order valence-electron chi connectivity index (χ4n) is 3.46. The number of hydrogen-bond donors (Lipinski definition) is 1. The molecule has 1 amide bonds. The van der Waals surface area contributed by atoms with Gasteiger partial charge in [0.2, 0.25) is 0 Å². The molecule has 0 bridgehead atoms. The molecule has 0 radical (unpaired) electrons. The van der Waals surface area contributed by atoms with Crippen LogP contribution in [-0.4, -0.2) is 69.5 Å². The molecule has 1 N–H and O–H groups in total. The lowest BCUT2D eigenvalue weighted by molar-refractivity contribution is -0.123. The zero-order chi connectivity index (χ0) is 18.2. The van der Waals surface area contributed by atoms with Gasteiger partial charge >= 0.3 is 0 Å². The SMILES string of the molecule is N#Cc1ccccc1OCC(=O)NCC(C1CCOC1)N1CCOCC1. The molecule has 0 aliphatic carbocycles. The van der Waals surface area contributed by atoms with Crippen molar-refractivity contribution in [1.29, 1.82) is 5.26 Å². The molecular formula is C19H25N3O4. The van der Waals surface area contributed by atoms with Crippen molar-refractivity contribution in [1.82, 2.24) is 10.2 Å². The highest BCUT2D eigenvalue weighted by Gasteiger charge is 2.31. The van der Waals surface area contributed by atoms with Crippen LogP contribution in [0.4, 0.5) is 0 Å². The monoisotopic (exact) mass is 359 g/mol. The second-order valence-electron chi connectivity index (χ2n) is 6.54. The van der Waals surface area contributed by atoms with Crippen LogP contribution in [0, 0.1) is 17.2 Å². The van der Waals surface area contributed by atoms with Crippen LogP contribution in [0.25, 0.3) is 0 Å². The van der Waals surface area contributed by atoms with Crippen molar-refractivity contribution in [3.63, 3.8) is 0 Å². The zero-order valence-electron chi connectivity index (χ0n) is 14.9. The van der Waals surface area contributed by atoms with Crippen LogP contribution in [0.1, 0.15) is 12.0 Å². The average Bonchev–Trinajstić information content (AvgIpc) is 3.22. The fraction of sp³-hybridized carbons (Fsp3) is 0.579. The third-order valence-corrected chi connectivity index (χ3v) is 4.90. The van der Waals surface area contributed by atoms with E-state index in [1.165, 1.54) is 0 Å². The van der Waals surface area contributed by atoms with Crippen molar-refractivity contribution in [2.75, 3.05) is 52.7 Å². The molecule has 2 saturated heterocycles. The van der Waals surface area contributed by atoms with Crippen LogP contribution >= 0.6 is 0 Å². The second-order valence-corrected chi connectivity index (χ2v) is 6.54. The van der Waals surface area contributed by atoms with Crippen molar-refractivity contribution >= 4 is 5.91 Å². The molecule has 1 aromatic rings. The number of nitriles is 1. The van der Waals surface area contributed by atoms with E-state index in [9.17, 15) is 4.79 Å². The summed E-state index contributed by atoms with van der Waals surface area (Å²) in [4.78, 5) is 14.6. The van der Waals surface area contributed by atoms with Gasteiger partial charge in [0.15, 0.2) is 6.61 Å². The summed E-state index contributed by atoms with van der Waals surface area (Å²) >= 11 is 0. The van der Waals surface area contributed by atoms with Gasteiger partial charge in [0.1, 0.15) is 11.8 Å². The molecule has 2 aliphatic heterocycles. The normalized spacial score (nSPS) is 21.7. The van der Waals surface area contributed by atoms with E-state index < -0.39 is 0 Å². The molecule has 2 heterocycles. The lowest BCUT2D eigenvalue weighted by Gasteiger charge is -2.37. The summed E-state index contributed by atoms with van der Waals surface area (Å²) < 4.78 is 16.5. The maximum atomic E-state index is 12.2. The first kappa shape index (κ1) is 18.6. The van der Waals surface area contributed by atoms with Crippen molar-refractivity contribution in [3.8, 4) is 11.8 Å². The number of ether oxygens (including phenoxy) is 3. The largest absolute Gasteiger partial charge is 0.482 e. The van der Waals surface area contributed by atoms with Crippen LogP contribution in [0.2, 0.25) is 0 Å². The number of carbonyl (C=O) groups excluding carboxylic acids is 1. The summed E-state index contributed by atoms with van der Waals surface area (Å²) in [6.07, 6.45) is 1.02. The number of benzene rings is 1. The molecule has 2 aliphatic rings. The standard InChI is InChI=1S/C19H25N3O4/c20-11-15-3-1-2-4-18(15)26-14-19(23)21-12-17(16-5-8-25-13-16)22-6-9-24-10-7-22/h1-4,16-17H,5-10,12-14H2,(H,21,23). The maximum absolute atomic E-state index is 12.2. The summed E-state index contributed by atoms with van der Waals surface area (Å²) in [6, 6.07) is 9.21. The van der Waals surface area contributed by atoms with Crippen LogP contribution in [0.5, 0.6) is 5.75 Å². The number of morpholine rings is 1. The van der Waals surface area contributed by atoms with E-state index in [1.807, 2.05) is 0 Å². The van der Waals surface area contributed by atoms with E-state index in [0.29, 0.717) is 23.8 Å². The summed E-state index contributed by atoms with van der Waals surface area (Å²) in [7, 11) is 0. The molecule has 0 spiro atoms. The van der Waals surface area contributed by atoms with Gasteiger partial charge < -0.3 is 19.5 Å². The Morgan fingerprint density at radius 2 is 2.12 bits per heavy atom. The Morgan fingerprint density at radius 3 is 2.85 bits per heavy atom. The first-order chi connectivity index (χ1) is 12.8. The van der Waals surface area contributed by atoms with Crippen molar-refractivity contribution < 1.29 is 19.0 Å². The molecule has 2 unspecified atom stereocenters. The predicted molar refractivity (Wildman–Crippen MR) is 94.8 cm³/mol. The topological polar surface area (TPSA) is 83.8 Å². The molecule has 140 valence electrons. The highest BCUT2D eigenvalue weighted by atomic mass is 16.5. The quantitative estimate of drug-likeness (QED) is 0.775. The van der Waals surface area contributed by atoms with Crippen molar-refractivity contribution in [3.05, 3.63) is 29.8 Å². The predicted octanol–water partition coefficient (Wildman–Crippen LogP) is 0.791. The van der Waals surface area contributed by atoms with Gasteiger partial charge in [-0.25, -0.2) is 0 Å². The first-order valence-corrected chi connectivity index (χ1v) is 9.06. The van der Waals surface area contributed by atoms with Gasteiger partial charge in [-0.15, -0.1) is 0 Å². The number of rotatable bonds is 7. The Bertz CT molecular complexity index is 634. The number of nitrogens with zero attached hydrogens (tertiary/aromatic N) is 2. The van der Waals surface area contributed by atoms with Gasteiger partial charge in [0.25, 0.3) is 5.91 Å². The molecule has 7 nitrogen and oxygen atoms in total. The number of nitrogens with one attached hydrogen (secondary N) is 1. The third-order valence-electron chi connectivity index (χ3n) is 4.90. The Kier molecular flexibility index (Phi) is 6.83. The zero-order valence-corrected chi connectivity index (χ0v) is 14.9. The van der Waals surface area contributed by atoms with E-state index in [1.54, 1.807) is 24.3 Å². The van der Waals surface area contributed by atoms with Crippen molar-refractivity contribution in [2.45, 2.75) is 12.5 Å². The summed E-state index contributed by atoms with van der Waals surface area (Å²) in [5, 5.41) is 12.0. The summed E-state index contributed by atoms with van der Waals surface area (Å²) in [6.45, 7) is 5.20. The molecule has 2 fully saturated rings. The molecule has 7 heteroatoms. The molecule has 26 heavy (non-hydrogen) atoms. The van der Waals surface area contributed by atoms with E-state index in [2.05, 4.69) is 16.3 Å². The maximum Gasteiger partial charge on any atom is 0.257 e. The average molecular weight is 359 g/mol. The number of amides is 1. The van der Waals surface area contributed by atoms with Gasteiger partial charge in [-0.1, -0.05) is 12.1 Å². The van der Waals surface area contributed by atoms with E-state index in [4.69, 9.17) is 19.5 Å². The van der Waals surface area contributed by atoms with Crippen LogP contribution < -0.4 is 10.1 Å². The summed E-state index contributed by atoms with van der Waals surface area (Å²) in [5.41, 5.74) is 0.426. The van der Waals surface area contributed by atoms with Gasteiger partial charge in [0.05, 0.1) is 25.4 Å². The fourth-order valence-corrected chi connectivity index (χ4v) is 3.46. The van der Waals surface area contributed by atoms with Gasteiger partial charge in [-0.2, -0.15) is 5.26 Å². The first-order valence-electron chi connectivity index (χ1n) is 9.06. The second kappa shape index (κ2) is 9.53. The lowest BCUT2D eigenvalue weighted by Crippen LogP contribution is -2.52. The molecular weight excluding hydrogens is 334 g/mol. The smallest absolute Gasteiger partial charge is 0.257 e. The van der Waals surface area contributed by atoms with Gasteiger partial charge in [-0.3, -0.25) is 9.69 Å². The van der Waals surface area contributed by atoms with E-state index in [0.717, 1.165) is 45.9 Å². The van der Waals surface area contributed by atoms with E-state index in [-0.39, 0.29) is 18.6 Å². The minimum Gasteiger partial charge on any atom is -0.482 e. The lowest BCUT2D eigenvalue weighted by atomic mass is 9.97. The minimum absolute atomic E-state index is 0.101. The molecule has 3 rings (SSSR count). The highest BCUT2D eigenvalue weighted by molar-refractivity contribution is 5.77. The Labute approximate surface area is 153 Å². The molecule has 1 aromatic carbocycles. The van der Waals surface area contributed by atoms with Crippen LogP contribution in [0.15, 0.2) is 24.3 Å². The van der Waals surface area contributed by atoms with E-state index >= 15 is 0 Å². The Balaban J connectivity index is 1.51. The Hall–Kier alpha value is -2.14. The van der Waals surface area contributed by atoms with Crippen LogP contribution in [-0.2, 0) is 14.3 Å². The minimum atomic E-state index is -0.185. The summed E-state index contributed by atoms with van der Waals surface area (Å²) in [5.74, 6) is 0.669. The molecule has 2 atom stereocenters. The van der Waals surface area contributed by atoms with Crippen molar-refractivity contribution in [2.24, 2.45) is 5.92 Å². The molecule has 0 saturated carbocycles. The van der Waals surface area contributed by atoms with Gasteiger partial charge in [-0.05, 0) is 18.6 Å². The number of para-hydroxylation sites is 1. The Morgan fingerprint density at radius 1 is 1.31 bits per heavy atom. The molecule has 0 aromatic heterocycles. The highest BCUT2D eigenvalue weighted by Crippen LogP contribution is 2.22. The van der Waals surface area contributed by atoms with Crippen LogP contribution in [0.3, 0.4) is 0 Å². The number of hydrogen-bond acceptors (Lipinski definition) is 6. The number of carbonyl (C=O) groups is 1. The third kappa shape index (κ3) is 4.94.